The first-order chi connectivity index (χ1) is 16.3. The zero-order valence-electron chi connectivity index (χ0n) is 20.9. The summed E-state index contributed by atoms with van der Waals surface area (Å²) in [6.45, 7) is 0. The van der Waals surface area contributed by atoms with Crippen molar-refractivity contribution >= 4 is 15.6 Å². The third-order valence-corrected chi connectivity index (χ3v) is 9.55. The number of hydrogen-bond donors (Lipinski definition) is 0. The van der Waals surface area contributed by atoms with Crippen LogP contribution in [-0.4, -0.2) is 24.4 Å². The van der Waals surface area contributed by atoms with Crippen molar-refractivity contribution in [1.29, 1.82) is 0 Å². The molecule has 0 amide bonds. The van der Waals surface area contributed by atoms with Gasteiger partial charge in [0, 0.05) is 0 Å². The fraction of sp³-hybridized carbons (Fsp3) is 1.00. The monoisotopic (exact) mass is 580 g/mol. The first-order valence-corrected chi connectivity index (χ1v) is 16.6. The molecule has 0 aromatic carbocycles. The summed E-state index contributed by atoms with van der Waals surface area (Å²) in [5.74, 6) is 0. The topological polar surface area (TPSA) is 117 Å². The number of phosphoric ester groups is 2. The largest absolute Gasteiger partial charge is 2.00 e. The van der Waals surface area contributed by atoms with Crippen molar-refractivity contribution in [2.45, 2.75) is 153 Å². The standard InChI is InChI=1S/2C12H23O4P.Ni/c2*13-17(14,15-11-7-3-1-4-8-11)16-12-9-5-2-6-10-12;/h2*11-12H,1-10H2,(H,13,14);/q;;+2/p-2. The summed E-state index contributed by atoms with van der Waals surface area (Å²) in [5.41, 5.74) is 0. The van der Waals surface area contributed by atoms with E-state index < -0.39 is 15.6 Å². The van der Waals surface area contributed by atoms with E-state index in [0.29, 0.717) is 0 Å². The summed E-state index contributed by atoms with van der Waals surface area (Å²) >= 11 is 0. The van der Waals surface area contributed by atoms with Crippen LogP contribution in [0.2, 0.25) is 0 Å². The molecule has 0 saturated heterocycles. The maximum Gasteiger partial charge on any atom is 2.00 e. The Labute approximate surface area is 221 Å². The van der Waals surface area contributed by atoms with Crippen LogP contribution in [0, 0.1) is 0 Å². The molecule has 0 bridgehead atoms. The van der Waals surface area contributed by atoms with E-state index in [0.717, 1.165) is 103 Å². The summed E-state index contributed by atoms with van der Waals surface area (Å²) in [6, 6.07) is 0. The van der Waals surface area contributed by atoms with Gasteiger partial charge < -0.3 is 27.9 Å². The molecule has 0 heterocycles. The normalized spacial score (nSPS) is 24.3. The minimum Gasteiger partial charge on any atom is -0.756 e. The Morgan fingerprint density at radius 2 is 0.571 bits per heavy atom. The fourth-order valence-corrected chi connectivity index (χ4v) is 7.87. The molecular weight excluding hydrogens is 537 g/mol. The van der Waals surface area contributed by atoms with Crippen molar-refractivity contribution in [2.24, 2.45) is 0 Å². The van der Waals surface area contributed by atoms with Gasteiger partial charge in [0.25, 0.3) is 15.6 Å². The molecule has 0 radical (unpaired) electrons. The molecule has 4 fully saturated rings. The van der Waals surface area contributed by atoms with Gasteiger partial charge in [-0.2, -0.15) is 0 Å². The molecule has 0 aliphatic heterocycles. The number of rotatable bonds is 8. The van der Waals surface area contributed by atoms with Crippen LogP contribution in [0.4, 0.5) is 0 Å². The molecule has 35 heavy (non-hydrogen) atoms. The number of hydrogen-bond acceptors (Lipinski definition) is 8. The van der Waals surface area contributed by atoms with Crippen LogP contribution in [0.25, 0.3) is 0 Å². The van der Waals surface area contributed by atoms with E-state index in [1.165, 1.54) is 25.7 Å². The van der Waals surface area contributed by atoms with Gasteiger partial charge >= 0.3 is 16.5 Å². The quantitative estimate of drug-likeness (QED) is 0.242. The van der Waals surface area contributed by atoms with Gasteiger partial charge in [0.15, 0.2) is 0 Å². The van der Waals surface area contributed by atoms with Crippen LogP contribution >= 0.6 is 15.6 Å². The molecule has 208 valence electrons. The van der Waals surface area contributed by atoms with Gasteiger partial charge in [0.1, 0.15) is 0 Å². The van der Waals surface area contributed by atoms with E-state index in [-0.39, 0.29) is 40.9 Å². The van der Waals surface area contributed by atoms with E-state index in [1.807, 2.05) is 0 Å². The molecule has 4 aliphatic rings. The summed E-state index contributed by atoms with van der Waals surface area (Å²) < 4.78 is 44.1. The average molecular weight is 581 g/mol. The van der Waals surface area contributed by atoms with Crippen LogP contribution in [0.5, 0.6) is 0 Å². The van der Waals surface area contributed by atoms with Gasteiger partial charge in [-0.15, -0.1) is 0 Å². The minimum absolute atomic E-state index is 0. The zero-order chi connectivity index (χ0) is 24.3. The van der Waals surface area contributed by atoms with Gasteiger partial charge in [-0.3, -0.25) is 9.13 Å². The first-order valence-electron chi connectivity index (χ1n) is 13.7. The van der Waals surface area contributed by atoms with Crippen molar-refractivity contribution in [1.82, 2.24) is 0 Å². The van der Waals surface area contributed by atoms with E-state index in [4.69, 9.17) is 18.1 Å². The van der Waals surface area contributed by atoms with Crippen LogP contribution in [-0.2, 0) is 43.7 Å². The Morgan fingerprint density at radius 1 is 0.400 bits per heavy atom. The summed E-state index contributed by atoms with van der Waals surface area (Å²) in [5, 5.41) is 0. The third-order valence-electron chi connectivity index (χ3n) is 7.32. The van der Waals surface area contributed by atoms with Crippen LogP contribution < -0.4 is 9.79 Å². The van der Waals surface area contributed by atoms with Crippen molar-refractivity contribution in [3.63, 3.8) is 0 Å². The minimum atomic E-state index is -4.08. The van der Waals surface area contributed by atoms with Crippen molar-refractivity contribution < 1.29 is 53.5 Å². The Bertz CT molecular complexity index is 554. The molecule has 0 N–H and O–H groups in total. The third kappa shape index (κ3) is 13.4. The predicted octanol–water partition coefficient (Wildman–Crippen LogP) is 6.30. The Hall–Kier alpha value is 0.714. The molecule has 4 saturated carbocycles. The van der Waals surface area contributed by atoms with Crippen molar-refractivity contribution in [3.8, 4) is 0 Å². The zero-order valence-corrected chi connectivity index (χ0v) is 23.7. The molecule has 0 aromatic rings. The van der Waals surface area contributed by atoms with E-state index in [1.54, 1.807) is 0 Å². The average Bonchev–Trinajstić information content (AvgIpc) is 2.81. The maximum atomic E-state index is 11.8. The molecule has 11 heteroatoms. The molecule has 0 spiro atoms. The summed E-state index contributed by atoms with van der Waals surface area (Å²) in [7, 11) is -8.16. The first kappa shape index (κ1) is 31.9. The smallest absolute Gasteiger partial charge is 0.756 e. The Balaban J connectivity index is 0.000000240. The molecule has 4 rings (SSSR count). The SMILES string of the molecule is O=P([O-])(OC1CCCCC1)OC1CCCCC1.O=P([O-])(OC1CCCCC1)OC1CCCCC1.[Ni+2]. The second-order valence-electron chi connectivity index (χ2n) is 10.4. The van der Waals surface area contributed by atoms with Gasteiger partial charge in [-0.1, -0.05) is 77.0 Å². The summed E-state index contributed by atoms with van der Waals surface area (Å²) in [4.78, 5) is 23.5. The van der Waals surface area contributed by atoms with Crippen LogP contribution in [0.1, 0.15) is 128 Å². The number of phosphoric acid groups is 2. The molecule has 0 atom stereocenters. The van der Waals surface area contributed by atoms with Gasteiger partial charge in [0.05, 0.1) is 24.4 Å². The molecule has 8 nitrogen and oxygen atoms in total. The second kappa shape index (κ2) is 16.6. The molecule has 4 aliphatic carbocycles. The van der Waals surface area contributed by atoms with Crippen LogP contribution in [0.15, 0.2) is 0 Å². The maximum absolute atomic E-state index is 11.8. The van der Waals surface area contributed by atoms with Gasteiger partial charge in [-0.25, -0.2) is 0 Å². The van der Waals surface area contributed by atoms with Crippen LogP contribution in [0.3, 0.4) is 0 Å². The van der Waals surface area contributed by atoms with E-state index in [9.17, 15) is 18.9 Å². The van der Waals surface area contributed by atoms with Gasteiger partial charge in [0.2, 0.25) is 0 Å². The molecule has 0 unspecified atom stereocenters. The Kier molecular flexibility index (Phi) is 15.2. The van der Waals surface area contributed by atoms with Crippen molar-refractivity contribution in [3.05, 3.63) is 0 Å². The second-order valence-corrected chi connectivity index (χ2v) is 13.0. The predicted molar refractivity (Wildman–Crippen MR) is 127 cm³/mol. The van der Waals surface area contributed by atoms with E-state index >= 15 is 0 Å². The molecular formula is C24H44NiO8P2. The van der Waals surface area contributed by atoms with Crippen molar-refractivity contribution in [2.75, 3.05) is 0 Å². The van der Waals surface area contributed by atoms with Gasteiger partial charge in [-0.05, 0) is 51.4 Å². The summed E-state index contributed by atoms with van der Waals surface area (Å²) in [6.07, 6.45) is 19.5. The Morgan fingerprint density at radius 3 is 0.743 bits per heavy atom. The molecule has 0 aromatic heterocycles. The van der Waals surface area contributed by atoms with E-state index in [2.05, 4.69) is 0 Å². The fourth-order valence-electron chi connectivity index (χ4n) is 5.46.